The normalized spacial score (nSPS) is 11.0. The number of anilines is 3. The average Bonchev–Trinajstić information content (AvgIpc) is 2.74. The number of carbonyl (C=O) groups is 1. The highest BCUT2D eigenvalue weighted by molar-refractivity contribution is 6.08. The van der Waals surface area contributed by atoms with Crippen molar-refractivity contribution in [2.24, 2.45) is 0 Å². The monoisotopic (exact) mass is 435 g/mol. The molecule has 0 saturated carbocycles. The molecule has 0 spiro atoms. The lowest BCUT2D eigenvalue weighted by molar-refractivity contribution is -0.137. The van der Waals surface area contributed by atoms with Gasteiger partial charge >= 0.3 is 6.18 Å². The third-order valence-electron chi connectivity index (χ3n) is 4.23. The van der Waals surface area contributed by atoms with Gasteiger partial charge < -0.3 is 20.1 Å². The van der Waals surface area contributed by atoms with Crippen molar-refractivity contribution in [3.63, 3.8) is 0 Å². The number of hydrogen-bond donors (Lipinski definition) is 2. The van der Waals surface area contributed by atoms with Crippen LogP contribution in [0, 0.1) is 5.82 Å². The van der Waals surface area contributed by atoms with Crippen LogP contribution in [0.25, 0.3) is 0 Å². The predicted octanol–water partition coefficient (Wildman–Crippen LogP) is 5.25. The topological polar surface area (TPSA) is 72.5 Å². The minimum absolute atomic E-state index is 0.0584. The number of pyridine rings is 1. The third kappa shape index (κ3) is 5.21. The van der Waals surface area contributed by atoms with Gasteiger partial charge in [0.05, 0.1) is 48.6 Å². The number of ether oxygens (including phenoxy) is 2. The molecule has 1 heterocycles. The van der Waals surface area contributed by atoms with Crippen molar-refractivity contribution in [3.05, 3.63) is 71.7 Å². The van der Waals surface area contributed by atoms with E-state index in [9.17, 15) is 22.4 Å². The minimum Gasteiger partial charge on any atom is -0.494 e. The van der Waals surface area contributed by atoms with Gasteiger partial charge in [0.2, 0.25) is 5.88 Å². The summed E-state index contributed by atoms with van der Waals surface area (Å²) >= 11 is 0. The number of alkyl halides is 3. The molecule has 3 aromatic rings. The van der Waals surface area contributed by atoms with Crippen LogP contribution in [0.15, 0.2) is 54.7 Å². The zero-order valence-electron chi connectivity index (χ0n) is 16.4. The number of hydrogen-bond acceptors (Lipinski definition) is 5. The van der Waals surface area contributed by atoms with Crippen molar-refractivity contribution in [1.29, 1.82) is 0 Å². The van der Waals surface area contributed by atoms with Crippen LogP contribution in [0.2, 0.25) is 0 Å². The van der Waals surface area contributed by atoms with E-state index >= 15 is 0 Å². The Bertz CT molecular complexity index is 1090. The van der Waals surface area contributed by atoms with Crippen LogP contribution < -0.4 is 20.1 Å². The summed E-state index contributed by atoms with van der Waals surface area (Å²) in [5.41, 5.74) is -0.674. The van der Waals surface area contributed by atoms with Gasteiger partial charge in [-0.15, -0.1) is 0 Å². The van der Waals surface area contributed by atoms with E-state index < -0.39 is 23.5 Å². The number of amides is 1. The van der Waals surface area contributed by atoms with Crippen LogP contribution in [-0.4, -0.2) is 25.1 Å². The molecule has 2 aromatic carbocycles. The van der Waals surface area contributed by atoms with Gasteiger partial charge in [0.15, 0.2) is 0 Å². The molecule has 0 aliphatic rings. The lowest BCUT2D eigenvalue weighted by Gasteiger charge is -2.17. The van der Waals surface area contributed by atoms with Gasteiger partial charge in [0.1, 0.15) is 11.6 Å². The first-order valence-corrected chi connectivity index (χ1v) is 8.84. The molecule has 1 amide bonds. The Morgan fingerprint density at radius 1 is 0.968 bits per heavy atom. The molecule has 0 fully saturated rings. The molecule has 0 bridgehead atoms. The van der Waals surface area contributed by atoms with Crippen molar-refractivity contribution in [1.82, 2.24) is 4.98 Å². The Morgan fingerprint density at radius 2 is 1.74 bits per heavy atom. The number of carbonyl (C=O) groups excluding carboxylic acids is 1. The second-order valence-electron chi connectivity index (χ2n) is 6.27. The molecule has 0 unspecified atom stereocenters. The van der Waals surface area contributed by atoms with Crippen LogP contribution in [0.3, 0.4) is 0 Å². The largest absolute Gasteiger partial charge is 0.494 e. The summed E-state index contributed by atoms with van der Waals surface area (Å²) in [6.07, 6.45) is -3.28. The van der Waals surface area contributed by atoms with Crippen LogP contribution >= 0.6 is 0 Å². The summed E-state index contributed by atoms with van der Waals surface area (Å²) in [6, 6.07) is 9.17. The summed E-state index contributed by atoms with van der Waals surface area (Å²) in [6.45, 7) is 0. The maximum Gasteiger partial charge on any atom is 0.416 e. The van der Waals surface area contributed by atoms with Crippen LogP contribution in [-0.2, 0) is 6.18 Å². The van der Waals surface area contributed by atoms with Crippen molar-refractivity contribution >= 4 is 23.0 Å². The molecule has 0 atom stereocenters. The molecule has 3 rings (SSSR count). The summed E-state index contributed by atoms with van der Waals surface area (Å²) in [5.74, 6) is -0.873. The second kappa shape index (κ2) is 8.90. The van der Waals surface area contributed by atoms with Crippen molar-refractivity contribution in [2.75, 3.05) is 24.9 Å². The molecular weight excluding hydrogens is 418 g/mol. The first-order chi connectivity index (χ1) is 14.7. The Morgan fingerprint density at radius 3 is 2.35 bits per heavy atom. The molecular formula is C21H17F4N3O3. The van der Waals surface area contributed by atoms with Crippen LogP contribution in [0.5, 0.6) is 11.6 Å². The number of nitrogens with one attached hydrogen (secondary N) is 2. The zero-order chi connectivity index (χ0) is 22.6. The summed E-state index contributed by atoms with van der Waals surface area (Å²) in [4.78, 5) is 16.7. The highest BCUT2D eigenvalue weighted by Gasteiger charge is 2.31. The smallest absolute Gasteiger partial charge is 0.416 e. The standard InChI is InChI=1S/C21H17F4N3O3/c1-30-18-10-13(22)4-7-16(18)28-17-9-12(21(23,24)25)3-6-15(17)20(29)27-14-5-8-19(31-2)26-11-14/h3-11,28H,1-2H3,(H,27,29). The SMILES string of the molecule is COc1ccc(NC(=O)c2ccc(C(F)(F)F)cc2Nc2ccc(F)cc2OC)cn1. The van der Waals surface area contributed by atoms with Crippen LogP contribution in [0.4, 0.5) is 34.6 Å². The van der Waals surface area contributed by atoms with E-state index in [1.807, 2.05) is 0 Å². The molecule has 162 valence electrons. The Labute approximate surface area is 174 Å². The molecule has 0 saturated heterocycles. The number of benzene rings is 2. The van der Waals surface area contributed by atoms with E-state index in [2.05, 4.69) is 15.6 Å². The average molecular weight is 435 g/mol. The van der Waals surface area contributed by atoms with Gasteiger partial charge in [0.25, 0.3) is 5.91 Å². The number of methoxy groups -OCH3 is 2. The van der Waals surface area contributed by atoms with Crippen molar-refractivity contribution in [3.8, 4) is 11.6 Å². The summed E-state index contributed by atoms with van der Waals surface area (Å²) < 4.78 is 63.2. The quantitative estimate of drug-likeness (QED) is 0.518. The Balaban J connectivity index is 1.98. The molecule has 10 heteroatoms. The molecule has 6 nitrogen and oxygen atoms in total. The maximum absolute atomic E-state index is 13.5. The fourth-order valence-electron chi connectivity index (χ4n) is 2.71. The summed E-state index contributed by atoms with van der Waals surface area (Å²) in [7, 11) is 2.72. The number of aromatic nitrogens is 1. The molecule has 0 aliphatic carbocycles. The van der Waals surface area contributed by atoms with E-state index in [0.717, 1.165) is 30.3 Å². The third-order valence-corrected chi connectivity index (χ3v) is 4.23. The summed E-state index contributed by atoms with van der Waals surface area (Å²) in [5, 5.41) is 5.29. The molecule has 31 heavy (non-hydrogen) atoms. The van der Waals surface area contributed by atoms with Gasteiger partial charge in [-0.05, 0) is 36.4 Å². The lowest BCUT2D eigenvalue weighted by Crippen LogP contribution is -2.15. The first kappa shape index (κ1) is 21.9. The Hall–Kier alpha value is -3.82. The zero-order valence-corrected chi connectivity index (χ0v) is 16.4. The van der Waals surface area contributed by atoms with Gasteiger partial charge in [-0.1, -0.05) is 0 Å². The Kier molecular flexibility index (Phi) is 6.28. The highest BCUT2D eigenvalue weighted by Crippen LogP contribution is 2.35. The maximum atomic E-state index is 13.5. The van der Waals surface area contributed by atoms with Gasteiger partial charge in [-0.3, -0.25) is 4.79 Å². The predicted molar refractivity (Wildman–Crippen MR) is 106 cm³/mol. The molecule has 2 N–H and O–H groups in total. The second-order valence-corrected chi connectivity index (χ2v) is 6.27. The van der Waals surface area contributed by atoms with Crippen molar-refractivity contribution < 1.29 is 31.8 Å². The number of halogens is 4. The lowest BCUT2D eigenvalue weighted by atomic mass is 10.1. The van der Waals surface area contributed by atoms with Crippen molar-refractivity contribution in [2.45, 2.75) is 6.18 Å². The highest BCUT2D eigenvalue weighted by atomic mass is 19.4. The fourth-order valence-corrected chi connectivity index (χ4v) is 2.71. The first-order valence-electron chi connectivity index (χ1n) is 8.84. The van der Waals surface area contributed by atoms with E-state index in [1.54, 1.807) is 0 Å². The van der Waals surface area contributed by atoms with E-state index in [0.29, 0.717) is 11.6 Å². The number of rotatable bonds is 6. The fraction of sp³-hybridized carbons (Fsp3) is 0.143. The minimum atomic E-state index is -4.63. The van der Waals surface area contributed by atoms with Gasteiger partial charge in [-0.25, -0.2) is 9.37 Å². The van der Waals surface area contributed by atoms with Crippen LogP contribution in [0.1, 0.15) is 15.9 Å². The number of nitrogens with zero attached hydrogens (tertiary/aromatic N) is 1. The molecule has 0 aliphatic heterocycles. The van der Waals surface area contributed by atoms with E-state index in [4.69, 9.17) is 9.47 Å². The van der Waals surface area contributed by atoms with E-state index in [1.165, 1.54) is 38.6 Å². The van der Waals surface area contributed by atoms with Gasteiger partial charge in [-0.2, -0.15) is 13.2 Å². The van der Waals surface area contributed by atoms with E-state index in [-0.39, 0.29) is 22.7 Å². The molecule has 0 radical (unpaired) electrons. The molecule has 1 aromatic heterocycles. The van der Waals surface area contributed by atoms with Gasteiger partial charge in [0, 0.05) is 12.1 Å².